The lowest BCUT2D eigenvalue weighted by Crippen LogP contribution is -2.53. The second-order valence-corrected chi connectivity index (χ2v) is 10.6. The Bertz CT molecular complexity index is 1380. The van der Waals surface area contributed by atoms with Crippen molar-refractivity contribution in [2.45, 2.75) is 37.6 Å². The van der Waals surface area contributed by atoms with E-state index in [9.17, 15) is 14.3 Å². The molecule has 0 aliphatic carbocycles. The predicted molar refractivity (Wildman–Crippen MR) is 151 cm³/mol. The minimum Gasteiger partial charge on any atom is -0.507 e. The molecular formula is C28H32F2N6O2S. The van der Waals surface area contributed by atoms with Gasteiger partial charge in [0, 0.05) is 36.8 Å². The Balaban J connectivity index is 2.01. The molecule has 1 aromatic carbocycles. The summed E-state index contributed by atoms with van der Waals surface area (Å²) < 4.78 is 30.4. The number of phenols is 1. The molecule has 1 aliphatic heterocycles. The second-order valence-electron chi connectivity index (χ2n) is 9.75. The number of aliphatic imine (C=N–C) groups is 1. The third kappa shape index (κ3) is 5.89. The van der Waals surface area contributed by atoms with Gasteiger partial charge in [0.25, 0.3) is 0 Å². The summed E-state index contributed by atoms with van der Waals surface area (Å²) in [6, 6.07) is 6.74. The number of anilines is 1. The highest BCUT2D eigenvalue weighted by Crippen LogP contribution is 2.37. The SMILES string of the molecule is CSc1ccnc(C(C)C)c1N=C(c1cc(F)c(-c2c(O)cccc2F)nc1NC=O)N1CCN(C)CC1C. The summed E-state index contributed by atoms with van der Waals surface area (Å²) in [6.07, 6.45) is 4.12. The standard InChI is InChI=1S/C28H32F2N6O2S/c1-16(2)24-26(22(39-5)9-10-31-24)34-28(36-12-11-35(4)14-17(36)3)18-13-20(30)25(33-27(18)32-15-37)23-19(29)7-6-8-21(23)38/h6-10,13,15-17,38H,11-12,14H2,1-5H3,(H,32,33,37). The first-order valence-electron chi connectivity index (χ1n) is 12.6. The van der Waals surface area contributed by atoms with E-state index < -0.39 is 23.1 Å². The van der Waals surface area contributed by atoms with Gasteiger partial charge < -0.3 is 20.2 Å². The molecule has 2 aromatic heterocycles. The van der Waals surface area contributed by atoms with E-state index in [2.05, 4.69) is 32.0 Å². The van der Waals surface area contributed by atoms with Crippen LogP contribution in [0.15, 0.2) is 46.4 Å². The van der Waals surface area contributed by atoms with Crippen LogP contribution in [0.2, 0.25) is 0 Å². The number of hydrogen-bond donors (Lipinski definition) is 2. The van der Waals surface area contributed by atoms with Gasteiger partial charge in [-0.3, -0.25) is 9.78 Å². The summed E-state index contributed by atoms with van der Waals surface area (Å²) in [5, 5.41) is 12.8. The zero-order valence-corrected chi connectivity index (χ0v) is 23.4. The number of carbonyl (C=O) groups excluding carboxylic acids is 1. The Morgan fingerprint density at radius 3 is 2.67 bits per heavy atom. The van der Waals surface area contributed by atoms with Gasteiger partial charge in [0.05, 0.1) is 16.8 Å². The zero-order chi connectivity index (χ0) is 28.3. The van der Waals surface area contributed by atoms with Crippen LogP contribution in [0.5, 0.6) is 5.75 Å². The number of pyridine rings is 2. The van der Waals surface area contributed by atoms with Crippen LogP contribution in [0, 0.1) is 11.6 Å². The number of nitrogens with one attached hydrogen (secondary N) is 1. The van der Waals surface area contributed by atoms with Gasteiger partial charge in [-0.15, -0.1) is 11.8 Å². The molecule has 0 radical (unpaired) electrons. The van der Waals surface area contributed by atoms with Gasteiger partial charge >= 0.3 is 0 Å². The highest BCUT2D eigenvalue weighted by atomic mass is 32.2. The predicted octanol–water partition coefficient (Wildman–Crippen LogP) is 5.26. The summed E-state index contributed by atoms with van der Waals surface area (Å²) in [5.74, 6) is -1.69. The molecule has 0 saturated carbocycles. The van der Waals surface area contributed by atoms with Crippen molar-refractivity contribution in [2.75, 3.05) is 38.3 Å². The minimum atomic E-state index is -0.864. The van der Waals surface area contributed by atoms with Crippen molar-refractivity contribution in [3.63, 3.8) is 0 Å². The lowest BCUT2D eigenvalue weighted by molar-refractivity contribution is -0.105. The van der Waals surface area contributed by atoms with Gasteiger partial charge in [-0.1, -0.05) is 19.9 Å². The number of carbonyl (C=O) groups is 1. The fourth-order valence-corrected chi connectivity index (χ4v) is 5.28. The first-order chi connectivity index (χ1) is 18.7. The Hall–Kier alpha value is -3.57. The Morgan fingerprint density at radius 2 is 2.03 bits per heavy atom. The van der Waals surface area contributed by atoms with Crippen LogP contribution in [-0.2, 0) is 4.79 Å². The molecule has 1 aliphatic rings. The quantitative estimate of drug-likeness (QED) is 0.178. The number of rotatable bonds is 7. The second kappa shape index (κ2) is 12.1. The fourth-order valence-electron chi connectivity index (χ4n) is 4.74. The van der Waals surface area contributed by atoms with E-state index >= 15 is 4.39 Å². The molecule has 0 bridgehead atoms. The number of phenolic OH excluding ortho intramolecular Hbond substituents is 1. The highest BCUT2D eigenvalue weighted by Gasteiger charge is 2.30. The van der Waals surface area contributed by atoms with Crippen molar-refractivity contribution in [1.29, 1.82) is 0 Å². The first-order valence-corrected chi connectivity index (χ1v) is 13.8. The summed E-state index contributed by atoms with van der Waals surface area (Å²) >= 11 is 1.53. The maximum absolute atomic E-state index is 15.7. The molecule has 39 heavy (non-hydrogen) atoms. The molecule has 3 heterocycles. The van der Waals surface area contributed by atoms with Crippen molar-refractivity contribution in [3.8, 4) is 17.0 Å². The van der Waals surface area contributed by atoms with Crippen LogP contribution in [0.3, 0.4) is 0 Å². The molecule has 0 spiro atoms. The molecule has 3 aromatic rings. The molecule has 1 unspecified atom stereocenters. The van der Waals surface area contributed by atoms with Crippen molar-refractivity contribution < 1.29 is 18.7 Å². The number of aromatic hydroxyl groups is 1. The van der Waals surface area contributed by atoms with Crippen LogP contribution >= 0.6 is 11.8 Å². The number of thioether (sulfide) groups is 1. The van der Waals surface area contributed by atoms with Crippen LogP contribution < -0.4 is 5.32 Å². The Labute approximate surface area is 231 Å². The number of aromatic nitrogens is 2. The number of nitrogens with zero attached hydrogens (tertiary/aromatic N) is 5. The fraction of sp³-hybridized carbons (Fsp3) is 0.357. The lowest BCUT2D eigenvalue weighted by Gasteiger charge is -2.40. The zero-order valence-electron chi connectivity index (χ0n) is 22.6. The highest BCUT2D eigenvalue weighted by molar-refractivity contribution is 7.98. The molecule has 2 N–H and O–H groups in total. The third-order valence-corrected chi connectivity index (χ3v) is 7.41. The van der Waals surface area contributed by atoms with Crippen LogP contribution in [0.4, 0.5) is 20.3 Å². The monoisotopic (exact) mass is 554 g/mol. The smallest absolute Gasteiger partial charge is 0.212 e. The number of hydrogen-bond acceptors (Lipinski definition) is 7. The average molecular weight is 555 g/mol. The Kier molecular flexibility index (Phi) is 8.81. The maximum Gasteiger partial charge on any atom is 0.212 e. The largest absolute Gasteiger partial charge is 0.507 e. The topological polar surface area (TPSA) is 93.9 Å². The number of halogens is 2. The van der Waals surface area contributed by atoms with E-state index in [1.165, 1.54) is 30.0 Å². The van der Waals surface area contributed by atoms with E-state index in [1.807, 2.05) is 33.2 Å². The minimum absolute atomic E-state index is 0.00170. The van der Waals surface area contributed by atoms with Crippen LogP contribution in [-0.4, -0.2) is 76.1 Å². The number of likely N-dealkylation sites (N-methyl/N-ethyl adjacent to an activating group) is 1. The molecule has 11 heteroatoms. The summed E-state index contributed by atoms with van der Waals surface area (Å²) in [5.41, 5.74) is 0.877. The molecule has 8 nitrogen and oxygen atoms in total. The van der Waals surface area contributed by atoms with Crippen LogP contribution in [0.25, 0.3) is 11.3 Å². The first kappa shape index (κ1) is 28.4. The van der Waals surface area contributed by atoms with Crippen molar-refractivity contribution in [3.05, 3.63) is 59.4 Å². The number of amides is 1. The van der Waals surface area contributed by atoms with Gasteiger partial charge in [-0.2, -0.15) is 0 Å². The molecule has 4 rings (SSSR count). The summed E-state index contributed by atoms with van der Waals surface area (Å²) in [4.78, 5) is 30.8. The third-order valence-electron chi connectivity index (χ3n) is 6.64. The van der Waals surface area contributed by atoms with Gasteiger partial charge in [0.2, 0.25) is 6.41 Å². The molecule has 206 valence electrons. The molecule has 1 fully saturated rings. The maximum atomic E-state index is 15.7. The molecule has 1 saturated heterocycles. The van der Waals surface area contributed by atoms with E-state index in [4.69, 9.17) is 4.99 Å². The summed E-state index contributed by atoms with van der Waals surface area (Å²) in [6.45, 7) is 8.19. The Morgan fingerprint density at radius 1 is 1.26 bits per heavy atom. The van der Waals surface area contributed by atoms with Gasteiger partial charge in [0.15, 0.2) is 5.82 Å². The van der Waals surface area contributed by atoms with Crippen molar-refractivity contribution in [1.82, 2.24) is 19.8 Å². The summed E-state index contributed by atoms with van der Waals surface area (Å²) in [7, 11) is 2.03. The number of amidine groups is 1. The van der Waals surface area contributed by atoms with Gasteiger partial charge in [-0.05, 0) is 50.4 Å². The molecular weight excluding hydrogens is 522 g/mol. The molecule has 1 atom stereocenters. The van der Waals surface area contributed by atoms with Crippen molar-refractivity contribution >= 4 is 35.5 Å². The van der Waals surface area contributed by atoms with Crippen molar-refractivity contribution in [2.24, 2.45) is 4.99 Å². The van der Waals surface area contributed by atoms with Gasteiger partial charge in [0.1, 0.15) is 34.6 Å². The number of benzene rings is 1. The van der Waals surface area contributed by atoms with E-state index in [-0.39, 0.29) is 28.9 Å². The van der Waals surface area contributed by atoms with E-state index in [0.29, 0.717) is 24.5 Å². The van der Waals surface area contributed by atoms with Gasteiger partial charge in [-0.25, -0.2) is 18.8 Å². The van der Waals surface area contributed by atoms with E-state index in [0.717, 1.165) is 29.7 Å². The van der Waals surface area contributed by atoms with E-state index in [1.54, 1.807) is 6.20 Å². The average Bonchev–Trinajstić information content (AvgIpc) is 2.89. The lowest BCUT2D eigenvalue weighted by atomic mass is 10.0. The molecule has 1 amide bonds. The van der Waals surface area contributed by atoms with Crippen LogP contribution in [0.1, 0.15) is 37.9 Å². The number of piperazine rings is 1. The normalized spacial score (nSPS) is 16.6.